The molecule has 0 saturated heterocycles. The lowest BCUT2D eigenvalue weighted by Crippen LogP contribution is -2.51. The molecule has 0 atom stereocenters. The van der Waals surface area contributed by atoms with E-state index in [1.54, 1.807) is 13.8 Å². The second kappa shape index (κ2) is 6.09. The summed E-state index contributed by atoms with van der Waals surface area (Å²) in [6.45, 7) is 2.94. The smallest absolute Gasteiger partial charge is 0.244 e. The monoisotopic (exact) mass is 355 g/mol. The number of anilines is 1. The number of nitrogens with one attached hydrogen (secondary N) is 2. The van der Waals surface area contributed by atoms with Crippen molar-refractivity contribution in [3.63, 3.8) is 0 Å². The van der Waals surface area contributed by atoms with Crippen LogP contribution in [0.2, 0.25) is 5.02 Å². The van der Waals surface area contributed by atoms with Gasteiger partial charge in [-0.2, -0.15) is 0 Å². The summed E-state index contributed by atoms with van der Waals surface area (Å²) in [6, 6.07) is 4.36. The number of rotatable bonds is 6. The molecular formula is C11H18ClN3O4S2. The Morgan fingerprint density at radius 1 is 1.24 bits per heavy atom. The van der Waals surface area contributed by atoms with E-state index < -0.39 is 25.6 Å². The van der Waals surface area contributed by atoms with Gasteiger partial charge in [0.2, 0.25) is 20.0 Å². The maximum absolute atomic E-state index is 12.2. The largest absolute Gasteiger partial charge is 0.398 e. The van der Waals surface area contributed by atoms with Gasteiger partial charge in [0.05, 0.1) is 17.0 Å². The van der Waals surface area contributed by atoms with Crippen LogP contribution >= 0.6 is 11.6 Å². The summed E-state index contributed by atoms with van der Waals surface area (Å²) in [5.74, 6) is 0. The van der Waals surface area contributed by atoms with Crippen molar-refractivity contribution >= 4 is 37.3 Å². The molecule has 0 unspecified atom stereocenters. The SMILES string of the molecule is CC(C)(CNS(=O)(=O)c1c(N)cccc1Cl)NS(C)(=O)=O. The standard InChI is InChI=1S/C11H18ClN3O4S2/c1-11(2,15-20(3,16)17)7-14-21(18,19)10-8(12)5-4-6-9(10)13/h4-6,14-15H,7,13H2,1-3H3. The van der Waals surface area contributed by atoms with Crippen LogP contribution in [0.25, 0.3) is 0 Å². The lowest BCUT2D eigenvalue weighted by atomic mass is 10.1. The van der Waals surface area contributed by atoms with E-state index in [9.17, 15) is 16.8 Å². The number of benzene rings is 1. The molecule has 21 heavy (non-hydrogen) atoms. The maximum atomic E-state index is 12.2. The summed E-state index contributed by atoms with van der Waals surface area (Å²) < 4.78 is 51.5. The van der Waals surface area contributed by atoms with E-state index in [0.29, 0.717) is 0 Å². The molecule has 1 aromatic carbocycles. The Morgan fingerprint density at radius 2 is 1.81 bits per heavy atom. The number of halogens is 1. The third-order valence-electron chi connectivity index (χ3n) is 2.43. The molecule has 0 bridgehead atoms. The topological polar surface area (TPSA) is 118 Å². The van der Waals surface area contributed by atoms with Crippen LogP contribution in [0, 0.1) is 0 Å². The predicted molar refractivity (Wildman–Crippen MR) is 83.1 cm³/mol. The molecule has 0 fully saturated rings. The lowest BCUT2D eigenvalue weighted by Gasteiger charge is -2.25. The van der Waals surface area contributed by atoms with E-state index in [0.717, 1.165) is 6.26 Å². The van der Waals surface area contributed by atoms with Crippen LogP contribution in [0.1, 0.15) is 13.8 Å². The van der Waals surface area contributed by atoms with E-state index in [4.69, 9.17) is 17.3 Å². The predicted octanol–water partition coefficient (Wildman–Crippen LogP) is 0.528. The van der Waals surface area contributed by atoms with Gasteiger partial charge >= 0.3 is 0 Å². The van der Waals surface area contributed by atoms with E-state index in [1.807, 2.05) is 0 Å². The van der Waals surface area contributed by atoms with Crippen LogP contribution in [0.15, 0.2) is 23.1 Å². The van der Waals surface area contributed by atoms with Gasteiger partial charge in [-0.05, 0) is 26.0 Å². The molecule has 0 radical (unpaired) electrons. The Bertz CT molecular complexity index is 710. The molecule has 0 amide bonds. The molecule has 1 aromatic rings. The zero-order valence-corrected chi connectivity index (χ0v) is 14.2. The van der Waals surface area contributed by atoms with Crippen molar-refractivity contribution < 1.29 is 16.8 Å². The molecule has 4 N–H and O–H groups in total. The second-order valence-electron chi connectivity index (χ2n) is 5.24. The first kappa shape index (κ1) is 18.2. The Hall–Kier alpha value is -0.870. The highest BCUT2D eigenvalue weighted by Crippen LogP contribution is 2.26. The van der Waals surface area contributed by atoms with Gasteiger partial charge in [-0.1, -0.05) is 17.7 Å². The second-order valence-corrected chi connectivity index (χ2v) is 9.10. The molecule has 0 aliphatic carbocycles. The van der Waals surface area contributed by atoms with E-state index >= 15 is 0 Å². The van der Waals surface area contributed by atoms with Crippen LogP contribution < -0.4 is 15.2 Å². The van der Waals surface area contributed by atoms with Gasteiger partial charge in [-0.25, -0.2) is 26.3 Å². The number of nitrogens with two attached hydrogens (primary N) is 1. The quantitative estimate of drug-likeness (QED) is 0.643. The van der Waals surface area contributed by atoms with Gasteiger partial charge < -0.3 is 5.73 Å². The first-order valence-electron chi connectivity index (χ1n) is 5.87. The third-order valence-corrected chi connectivity index (χ3v) is 5.30. The summed E-state index contributed by atoms with van der Waals surface area (Å²) in [4.78, 5) is -0.221. The minimum Gasteiger partial charge on any atom is -0.398 e. The summed E-state index contributed by atoms with van der Waals surface area (Å²) in [6.07, 6.45) is 0.995. The van der Waals surface area contributed by atoms with Gasteiger partial charge in [-0.3, -0.25) is 0 Å². The number of hydrogen-bond acceptors (Lipinski definition) is 5. The summed E-state index contributed by atoms with van der Waals surface area (Å²) >= 11 is 5.86. The van der Waals surface area contributed by atoms with Crippen molar-refractivity contribution in [2.24, 2.45) is 0 Å². The average molecular weight is 356 g/mol. The van der Waals surface area contributed by atoms with Crippen LogP contribution in [-0.2, 0) is 20.0 Å². The number of sulfonamides is 2. The highest BCUT2D eigenvalue weighted by molar-refractivity contribution is 7.90. The van der Waals surface area contributed by atoms with Crippen molar-refractivity contribution in [2.45, 2.75) is 24.3 Å². The summed E-state index contributed by atoms with van der Waals surface area (Å²) in [7, 11) is -7.42. The maximum Gasteiger partial charge on any atom is 0.244 e. The van der Waals surface area contributed by atoms with Crippen LogP contribution in [0.5, 0.6) is 0 Å². The Labute approximate surface area is 130 Å². The molecule has 0 aliphatic heterocycles. The normalized spacial score (nSPS) is 13.3. The zero-order valence-electron chi connectivity index (χ0n) is 11.8. The highest BCUT2D eigenvalue weighted by atomic mass is 35.5. The van der Waals surface area contributed by atoms with E-state index in [1.165, 1.54) is 18.2 Å². The Kier molecular flexibility index (Phi) is 5.27. The Morgan fingerprint density at radius 3 is 2.29 bits per heavy atom. The molecule has 0 aliphatic rings. The third kappa shape index (κ3) is 5.44. The van der Waals surface area contributed by atoms with Crippen LogP contribution in [0.3, 0.4) is 0 Å². The van der Waals surface area contributed by atoms with Crippen molar-refractivity contribution in [1.82, 2.24) is 9.44 Å². The lowest BCUT2D eigenvalue weighted by molar-refractivity contribution is 0.446. The van der Waals surface area contributed by atoms with Gasteiger partial charge in [0.25, 0.3) is 0 Å². The zero-order chi connectivity index (χ0) is 16.5. The summed E-state index contributed by atoms with van der Waals surface area (Å²) in [5.41, 5.74) is 4.65. The fourth-order valence-corrected chi connectivity index (χ4v) is 4.66. The minimum absolute atomic E-state index is 0.00335. The molecule has 120 valence electrons. The average Bonchev–Trinajstić information content (AvgIpc) is 2.23. The van der Waals surface area contributed by atoms with E-state index in [-0.39, 0.29) is 22.2 Å². The minimum atomic E-state index is -3.95. The number of hydrogen-bond donors (Lipinski definition) is 3. The first-order chi connectivity index (χ1) is 9.34. The van der Waals surface area contributed by atoms with Crippen LogP contribution in [0.4, 0.5) is 5.69 Å². The van der Waals surface area contributed by atoms with Crippen molar-refractivity contribution in [1.29, 1.82) is 0 Å². The van der Waals surface area contributed by atoms with Gasteiger partial charge in [0, 0.05) is 12.1 Å². The fourth-order valence-electron chi connectivity index (χ4n) is 1.69. The molecule has 7 nitrogen and oxygen atoms in total. The van der Waals surface area contributed by atoms with Gasteiger partial charge in [0.1, 0.15) is 4.90 Å². The molecule has 1 rings (SSSR count). The molecule has 0 spiro atoms. The molecule has 10 heteroatoms. The Balaban J connectivity index is 2.97. The molecule has 0 saturated carbocycles. The number of nitrogen functional groups attached to an aromatic ring is 1. The molecule has 0 heterocycles. The molecule has 0 aromatic heterocycles. The van der Waals surface area contributed by atoms with E-state index in [2.05, 4.69) is 9.44 Å². The van der Waals surface area contributed by atoms with Crippen molar-refractivity contribution in [3.05, 3.63) is 23.2 Å². The van der Waals surface area contributed by atoms with Crippen molar-refractivity contribution in [2.75, 3.05) is 18.5 Å². The van der Waals surface area contributed by atoms with Gasteiger partial charge in [0.15, 0.2) is 0 Å². The van der Waals surface area contributed by atoms with Crippen molar-refractivity contribution in [3.8, 4) is 0 Å². The fraction of sp³-hybridized carbons (Fsp3) is 0.455. The highest BCUT2D eigenvalue weighted by Gasteiger charge is 2.27. The van der Waals surface area contributed by atoms with Crippen LogP contribution in [-0.4, -0.2) is 35.2 Å². The molecular weight excluding hydrogens is 338 g/mol. The van der Waals surface area contributed by atoms with Gasteiger partial charge in [-0.15, -0.1) is 0 Å². The summed E-state index contributed by atoms with van der Waals surface area (Å²) in [5, 5.41) is -0.00335. The first-order valence-corrected chi connectivity index (χ1v) is 9.62.